The zero-order chi connectivity index (χ0) is 13.7. The first kappa shape index (κ1) is 14.1. The predicted molar refractivity (Wildman–Crippen MR) is 72.7 cm³/mol. The van der Waals surface area contributed by atoms with Crippen LogP contribution >= 0.6 is 11.6 Å². The van der Waals surface area contributed by atoms with Crippen LogP contribution in [0.2, 0.25) is 0 Å². The molecule has 0 radical (unpaired) electrons. The van der Waals surface area contributed by atoms with Crippen LogP contribution in [0.3, 0.4) is 0 Å². The maximum absolute atomic E-state index is 12.7. The van der Waals surface area contributed by atoms with E-state index in [0.717, 1.165) is 0 Å². The summed E-state index contributed by atoms with van der Waals surface area (Å²) in [6.07, 6.45) is -0.0169. The quantitative estimate of drug-likeness (QED) is 0.724. The van der Waals surface area contributed by atoms with E-state index >= 15 is 0 Å². The van der Waals surface area contributed by atoms with Gasteiger partial charge >= 0.3 is 0 Å². The molecule has 2 rings (SSSR count). The Labute approximate surface area is 115 Å². The van der Waals surface area contributed by atoms with Gasteiger partial charge in [0.2, 0.25) is 5.91 Å². The minimum absolute atomic E-state index is 0.0169. The van der Waals surface area contributed by atoms with Crippen molar-refractivity contribution in [3.63, 3.8) is 0 Å². The third-order valence-corrected chi connectivity index (χ3v) is 5.57. The molecule has 0 bridgehead atoms. The topological polar surface area (TPSA) is 29.5 Å². The number of morpholine rings is 1. The molecule has 1 aliphatic carbocycles. The van der Waals surface area contributed by atoms with Crippen LogP contribution < -0.4 is 0 Å². The molecule has 1 amide bonds. The smallest absolute Gasteiger partial charge is 0.227 e. The Balaban J connectivity index is 2.10. The van der Waals surface area contributed by atoms with Gasteiger partial charge in [0.25, 0.3) is 0 Å². The normalized spacial score (nSPS) is 34.4. The van der Waals surface area contributed by atoms with Gasteiger partial charge in [-0.2, -0.15) is 0 Å². The Morgan fingerprint density at radius 2 is 1.89 bits per heavy atom. The van der Waals surface area contributed by atoms with Crippen LogP contribution in [0.15, 0.2) is 0 Å². The number of hydrogen-bond donors (Lipinski definition) is 0. The van der Waals surface area contributed by atoms with E-state index in [1.165, 1.54) is 0 Å². The lowest BCUT2D eigenvalue weighted by Crippen LogP contribution is -2.52. The average molecular weight is 274 g/mol. The number of ether oxygens (including phenoxy) is 1. The van der Waals surface area contributed by atoms with Crippen LogP contribution in [-0.4, -0.2) is 42.0 Å². The molecule has 2 unspecified atom stereocenters. The molecule has 0 aromatic heterocycles. The summed E-state index contributed by atoms with van der Waals surface area (Å²) in [5.74, 6) is 0.853. The predicted octanol–water partition coefficient (Wildman–Crippen LogP) is 2.52. The Morgan fingerprint density at radius 1 is 1.33 bits per heavy atom. The molecule has 0 spiro atoms. The maximum Gasteiger partial charge on any atom is 0.227 e. The molecule has 1 saturated carbocycles. The van der Waals surface area contributed by atoms with Crippen molar-refractivity contribution in [1.82, 2.24) is 4.90 Å². The molecule has 0 aromatic rings. The SMILES string of the molecule is CC1COC(CCl)CN1C(=O)C1C(C)(C)C1(C)C. The lowest BCUT2D eigenvalue weighted by molar-refractivity contribution is -0.145. The van der Waals surface area contributed by atoms with E-state index in [4.69, 9.17) is 16.3 Å². The molecule has 2 atom stereocenters. The van der Waals surface area contributed by atoms with Crippen LogP contribution in [0.1, 0.15) is 34.6 Å². The fourth-order valence-electron chi connectivity index (χ4n) is 3.20. The highest BCUT2D eigenvalue weighted by atomic mass is 35.5. The Hall–Kier alpha value is -0.280. The fourth-order valence-corrected chi connectivity index (χ4v) is 3.38. The van der Waals surface area contributed by atoms with Crippen LogP contribution in [0.5, 0.6) is 0 Å². The van der Waals surface area contributed by atoms with Gasteiger partial charge in [-0.3, -0.25) is 4.79 Å². The third-order valence-electron chi connectivity index (χ3n) is 5.23. The second kappa shape index (κ2) is 4.38. The highest BCUT2D eigenvalue weighted by molar-refractivity contribution is 6.18. The zero-order valence-electron chi connectivity index (χ0n) is 12.0. The van der Waals surface area contributed by atoms with Crippen molar-refractivity contribution in [3.8, 4) is 0 Å². The number of carbonyl (C=O) groups excluding carboxylic acids is 1. The van der Waals surface area contributed by atoms with Gasteiger partial charge in [0.05, 0.1) is 24.6 Å². The first-order chi connectivity index (χ1) is 8.23. The molecule has 1 heterocycles. The number of nitrogens with zero attached hydrogens (tertiary/aromatic N) is 1. The summed E-state index contributed by atoms with van der Waals surface area (Å²) in [4.78, 5) is 14.7. The summed E-state index contributed by atoms with van der Waals surface area (Å²) in [6, 6.07) is 0.157. The van der Waals surface area contributed by atoms with Gasteiger partial charge in [-0.1, -0.05) is 27.7 Å². The monoisotopic (exact) mass is 273 g/mol. The molecular formula is C14H24ClNO2. The average Bonchev–Trinajstić information content (AvgIpc) is 2.69. The molecule has 1 saturated heterocycles. The van der Waals surface area contributed by atoms with Crippen molar-refractivity contribution >= 4 is 17.5 Å². The van der Waals surface area contributed by atoms with Gasteiger partial charge in [0, 0.05) is 12.5 Å². The summed E-state index contributed by atoms with van der Waals surface area (Å²) in [7, 11) is 0. The van der Waals surface area contributed by atoms with Crippen molar-refractivity contribution in [3.05, 3.63) is 0 Å². The number of halogens is 1. The fraction of sp³-hybridized carbons (Fsp3) is 0.929. The first-order valence-electron chi connectivity index (χ1n) is 6.71. The van der Waals surface area contributed by atoms with Gasteiger partial charge in [0.1, 0.15) is 0 Å². The lowest BCUT2D eigenvalue weighted by atomic mass is 10.0. The van der Waals surface area contributed by atoms with E-state index in [1.807, 2.05) is 11.8 Å². The summed E-state index contributed by atoms with van der Waals surface area (Å²) in [5.41, 5.74) is 0.192. The van der Waals surface area contributed by atoms with Crippen LogP contribution in [0.25, 0.3) is 0 Å². The summed E-state index contributed by atoms with van der Waals surface area (Å²) in [5, 5.41) is 0. The van der Waals surface area contributed by atoms with E-state index in [1.54, 1.807) is 0 Å². The van der Waals surface area contributed by atoms with Crippen molar-refractivity contribution < 1.29 is 9.53 Å². The number of hydrogen-bond acceptors (Lipinski definition) is 2. The Kier molecular flexibility index (Phi) is 3.44. The molecule has 0 aromatic carbocycles. The zero-order valence-corrected chi connectivity index (χ0v) is 12.8. The molecule has 0 N–H and O–H groups in total. The summed E-state index contributed by atoms with van der Waals surface area (Å²) >= 11 is 5.84. The van der Waals surface area contributed by atoms with Gasteiger partial charge in [-0.05, 0) is 17.8 Å². The second-order valence-electron chi connectivity index (χ2n) is 6.83. The molecule has 2 aliphatic rings. The van der Waals surface area contributed by atoms with Crippen molar-refractivity contribution in [2.75, 3.05) is 19.0 Å². The van der Waals surface area contributed by atoms with E-state index in [-0.39, 0.29) is 34.8 Å². The Bertz CT molecular complexity index is 340. The lowest BCUT2D eigenvalue weighted by Gasteiger charge is -2.38. The van der Waals surface area contributed by atoms with Crippen LogP contribution in [0, 0.1) is 16.7 Å². The molecule has 104 valence electrons. The molecule has 18 heavy (non-hydrogen) atoms. The van der Waals surface area contributed by atoms with Crippen LogP contribution in [0.4, 0.5) is 0 Å². The summed E-state index contributed by atoms with van der Waals surface area (Å²) in [6.45, 7) is 12.0. The van der Waals surface area contributed by atoms with Crippen molar-refractivity contribution in [2.45, 2.75) is 46.8 Å². The van der Waals surface area contributed by atoms with Gasteiger partial charge in [0.15, 0.2) is 0 Å². The number of rotatable bonds is 2. The molecule has 4 heteroatoms. The first-order valence-corrected chi connectivity index (χ1v) is 7.25. The van der Waals surface area contributed by atoms with Crippen LogP contribution in [-0.2, 0) is 9.53 Å². The molecule has 3 nitrogen and oxygen atoms in total. The van der Waals surface area contributed by atoms with Crippen molar-refractivity contribution in [2.24, 2.45) is 16.7 Å². The van der Waals surface area contributed by atoms with E-state index in [9.17, 15) is 4.79 Å². The van der Waals surface area contributed by atoms with Crippen molar-refractivity contribution in [1.29, 1.82) is 0 Å². The third kappa shape index (κ3) is 1.96. The minimum Gasteiger partial charge on any atom is -0.373 e. The van der Waals surface area contributed by atoms with E-state index < -0.39 is 0 Å². The molecule has 1 aliphatic heterocycles. The number of carbonyl (C=O) groups is 1. The highest BCUT2D eigenvalue weighted by Gasteiger charge is 2.69. The van der Waals surface area contributed by atoms with E-state index in [2.05, 4.69) is 27.7 Å². The number of amides is 1. The highest BCUT2D eigenvalue weighted by Crippen LogP contribution is 2.68. The minimum atomic E-state index is -0.0169. The van der Waals surface area contributed by atoms with E-state index in [0.29, 0.717) is 19.0 Å². The van der Waals surface area contributed by atoms with Gasteiger partial charge in [-0.25, -0.2) is 0 Å². The summed E-state index contributed by atoms with van der Waals surface area (Å²) < 4.78 is 5.60. The Morgan fingerprint density at radius 3 is 2.33 bits per heavy atom. The largest absolute Gasteiger partial charge is 0.373 e. The molecular weight excluding hydrogens is 250 g/mol. The van der Waals surface area contributed by atoms with Gasteiger partial charge < -0.3 is 9.64 Å². The van der Waals surface area contributed by atoms with Gasteiger partial charge in [-0.15, -0.1) is 11.6 Å². The maximum atomic E-state index is 12.7. The standard InChI is InChI=1S/C14H24ClNO2/c1-9-8-18-10(6-15)7-16(9)12(17)11-13(2,3)14(11,4)5/h9-11H,6-8H2,1-5H3. The number of alkyl halides is 1. The molecule has 2 fully saturated rings. The second-order valence-corrected chi connectivity index (χ2v) is 7.13.